The molecule has 0 bridgehead atoms. The van der Waals surface area contributed by atoms with Crippen LogP contribution in [0.3, 0.4) is 0 Å². The fourth-order valence-electron chi connectivity index (χ4n) is 3.15. The van der Waals surface area contributed by atoms with Crippen molar-refractivity contribution in [3.05, 3.63) is 59.7 Å². The quantitative estimate of drug-likeness (QED) is 0.695. The average Bonchev–Trinajstić information content (AvgIpc) is 3.05. The highest BCUT2D eigenvalue weighted by Gasteiger charge is 2.18. The predicted molar refractivity (Wildman–Crippen MR) is 96.9 cm³/mol. The van der Waals surface area contributed by atoms with Gasteiger partial charge < -0.3 is 9.15 Å². The number of hydrogen-bond acceptors (Lipinski definition) is 5. The van der Waals surface area contributed by atoms with E-state index in [2.05, 4.69) is 16.0 Å². The minimum absolute atomic E-state index is 0. The topological polar surface area (TPSA) is 61.0 Å². The van der Waals surface area contributed by atoms with Crippen molar-refractivity contribution in [2.24, 2.45) is 0 Å². The average molecular weight is 358 g/mol. The van der Waals surface area contributed by atoms with E-state index >= 15 is 0 Å². The summed E-state index contributed by atoms with van der Waals surface area (Å²) in [7, 11) is 0. The molecule has 0 N–H and O–H groups in total. The fraction of sp³-hybridized carbons (Fsp3) is 0.316. The molecule has 0 radical (unpaired) electrons. The summed E-state index contributed by atoms with van der Waals surface area (Å²) in [6.45, 7) is 2.18. The Morgan fingerprint density at radius 3 is 2.84 bits per heavy atom. The molecule has 3 aromatic rings. The Kier molecular flexibility index (Phi) is 5.34. The summed E-state index contributed by atoms with van der Waals surface area (Å²) in [5, 5.41) is 0. The van der Waals surface area contributed by atoms with Crippen molar-refractivity contribution in [2.75, 3.05) is 0 Å². The second-order valence-electron chi connectivity index (χ2n) is 6.03. The highest BCUT2D eigenvalue weighted by molar-refractivity contribution is 5.85. The Hall–Kier alpha value is -2.40. The maximum absolute atomic E-state index is 5.88. The van der Waals surface area contributed by atoms with Gasteiger partial charge in [0.25, 0.3) is 0 Å². The number of aryl methyl sites for hydroxylation is 2. The normalized spacial score (nSPS) is 13.0. The lowest BCUT2D eigenvalue weighted by Crippen LogP contribution is -2.09. The van der Waals surface area contributed by atoms with E-state index in [1.165, 1.54) is 24.0 Å². The summed E-state index contributed by atoms with van der Waals surface area (Å²) >= 11 is 0. The summed E-state index contributed by atoms with van der Waals surface area (Å²) in [4.78, 5) is 13.2. The Labute approximate surface area is 152 Å². The van der Waals surface area contributed by atoms with Crippen molar-refractivity contribution in [1.29, 1.82) is 0 Å². The number of aromatic nitrogens is 3. The first-order valence-electron chi connectivity index (χ1n) is 8.26. The molecular weight excluding hydrogens is 338 g/mol. The molecule has 6 heteroatoms. The molecule has 4 rings (SSSR count). The van der Waals surface area contributed by atoms with Crippen LogP contribution in [0.5, 0.6) is 5.88 Å². The van der Waals surface area contributed by atoms with E-state index in [1.807, 2.05) is 25.3 Å². The standard InChI is InChI=1S/C19H19N3O2.ClH/c1-13-21-15(11-23-13)12-24-19-9-17(14-5-4-8-20-10-14)16-6-2-3-7-18(16)22-19;/h4-5,8-11H,2-3,6-7,12H2,1H3;1H. The Morgan fingerprint density at radius 1 is 1.20 bits per heavy atom. The van der Waals surface area contributed by atoms with Gasteiger partial charge in [0.2, 0.25) is 5.88 Å². The molecule has 3 aromatic heterocycles. The summed E-state index contributed by atoms with van der Waals surface area (Å²) < 4.78 is 11.1. The third-order valence-electron chi connectivity index (χ3n) is 4.28. The predicted octanol–water partition coefficient (Wildman–Crippen LogP) is 4.32. The van der Waals surface area contributed by atoms with Crippen molar-refractivity contribution in [3.8, 4) is 17.0 Å². The summed E-state index contributed by atoms with van der Waals surface area (Å²) in [5.74, 6) is 1.28. The van der Waals surface area contributed by atoms with Crippen LogP contribution >= 0.6 is 12.4 Å². The van der Waals surface area contributed by atoms with Crippen LogP contribution in [0.4, 0.5) is 0 Å². The lowest BCUT2D eigenvalue weighted by molar-refractivity contribution is 0.287. The van der Waals surface area contributed by atoms with E-state index < -0.39 is 0 Å². The van der Waals surface area contributed by atoms with Gasteiger partial charge >= 0.3 is 0 Å². The van der Waals surface area contributed by atoms with Gasteiger partial charge in [-0.25, -0.2) is 9.97 Å². The van der Waals surface area contributed by atoms with Crippen LogP contribution in [-0.4, -0.2) is 15.0 Å². The summed E-state index contributed by atoms with van der Waals surface area (Å²) in [6, 6.07) is 6.07. The van der Waals surface area contributed by atoms with Crippen LogP contribution in [0.1, 0.15) is 35.7 Å². The molecule has 0 unspecified atom stereocenters. The second kappa shape index (κ2) is 7.66. The van der Waals surface area contributed by atoms with Crippen LogP contribution in [0.25, 0.3) is 11.1 Å². The molecule has 3 heterocycles. The molecule has 130 valence electrons. The number of pyridine rings is 2. The lowest BCUT2D eigenvalue weighted by Gasteiger charge is -2.20. The summed E-state index contributed by atoms with van der Waals surface area (Å²) in [6.07, 6.45) is 9.77. The minimum Gasteiger partial charge on any atom is -0.471 e. The molecular formula is C19H20ClN3O2. The highest BCUT2D eigenvalue weighted by atomic mass is 35.5. The van der Waals surface area contributed by atoms with Gasteiger partial charge in [0.1, 0.15) is 18.6 Å². The maximum atomic E-state index is 5.88. The number of hydrogen-bond donors (Lipinski definition) is 0. The third-order valence-corrected chi connectivity index (χ3v) is 4.28. The van der Waals surface area contributed by atoms with Crippen molar-refractivity contribution in [3.63, 3.8) is 0 Å². The highest BCUT2D eigenvalue weighted by Crippen LogP contribution is 2.33. The fourth-order valence-corrected chi connectivity index (χ4v) is 3.15. The van der Waals surface area contributed by atoms with Crippen LogP contribution in [0.2, 0.25) is 0 Å². The van der Waals surface area contributed by atoms with Crippen LogP contribution in [-0.2, 0) is 19.4 Å². The summed E-state index contributed by atoms with van der Waals surface area (Å²) in [5.41, 5.74) is 5.54. The molecule has 25 heavy (non-hydrogen) atoms. The number of ether oxygens (including phenoxy) is 1. The third kappa shape index (κ3) is 3.82. The molecule has 0 aromatic carbocycles. The number of fused-ring (bicyclic) bond motifs is 1. The molecule has 0 spiro atoms. The molecule has 1 aliphatic carbocycles. The first kappa shape index (κ1) is 17.4. The SMILES string of the molecule is Cc1nc(COc2cc(-c3cccnc3)c3c(n2)CCCC3)co1.Cl. The van der Waals surface area contributed by atoms with Gasteiger partial charge in [0.05, 0.1) is 0 Å². The second-order valence-corrected chi connectivity index (χ2v) is 6.03. The van der Waals surface area contributed by atoms with Crippen LogP contribution in [0, 0.1) is 6.92 Å². The zero-order chi connectivity index (χ0) is 16.4. The lowest BCUT2D eigenvalue weighted by atomic mass is 9.90. The smallest absolute Gasteiger partial charge is 0.214 e. The number of halogens is 1. The van der Waals surface area contributed by atoms with E-state index in [1.54, 1.807) is 12.5 Å². The van der Waals surface area contributed by atoms with Gasteiger partial charge in [0, 0.05) is 36.6 Å². The molecule has 0 saturated heterocycles. The number of oxazole rings is 1. The monoisotopic (exact) mass is 357 g/mol. The van der Waals surface area contributed by atoms with Gasteiger partial charge in [-0.1, -0.05) is 6.07 Å². The molecule has 0 amide bonds. The van der Waals surface area contributed by atoms with E-state index in [-0.39, 0.29) is 12.4 Å². The minimum atomic E-state index is 0. The van der Waals surface area contributed by atoms with Gasteiger partial charge in [-0.3, -0.25) is 4.98 Å². The molecule has 0 saturated carbocycles. The van der Waals surface area contributed by atoms with Crippen molar-refractivity contribution in [2.45, 2.75) is 39.2 Å². The Bertz CT molecular complexity index is 849. The first-order chi connectivity index (χ1) is 11.8. The number of nitrogens with zero attached hydrogens (tertiary/aromatic N) is 3. The van der Waals surface area contributed by atoms with Crippen LogP contribution < -0.4 is 4.74 Å². The largest absolute Gasteiger partial charge is 0.471 e. The van der Waals surface area contributed by atoms with E-state index in [4.69, 9.17) is 14.1 Å². The maximum Gasteiger partial charge on any atom is 0.214 e. The van der Waals surface area contributed by atoms with Crippen molar-refractivity contribution in [1.82, 2.24) is 15.0 Å². The zero-order valence-corrected chi connectivity index (χ0v) is 14.9. The molecule has 0 atom stereocenters. The Balaban J connectivity index is 0.00000182. The first-order valence-corrected chi connectivity index (χ1v) is 8.26. The van der Waals surface area contributed by atoms with Gasteiger partial charge in [-0.2, -0.15) is 0 Å². The van der Waals surface area contributed by atoms with E-state index in [0.717, 1.165) is 29.8 Å². The van der Waals surface area contributed by atoms with Gasteiger partial charge in [0.15, 0.2) is 5.89 Å². The van der Waals surface area contributed by atoms with Gasteiger partial charge in [-0.05, 0) is 42.9 Å². The zero-order valence-electron chi connectivity index (χ0n) is 14.1. The Morgan fingerprint density at radius 2 is 2.08 bits per heavy atom. The molecule has 0 aliphatic heterocycles. The van der Waals surface area contributed by atoms with Crippen LogP contribution in [0.15, 0.2) is 41.3 Å². The van der Waals surface area contributed by atoms with Crippen molar-refractivity contribution < 1.29 is 9.15 Å². The molecule has 5 nitrogen and oxygen atoms in total. The van der Waals surface area contributed by atoms with E-state index in [0.29, 0.717) is 18.4 Å². The van der Waals surface area contributed by atoms with Crippen molar-refractivity contribution >= 4 is 12.4 Å². The van der Waals surface area contributed by atoms with Gasteiger partial charge in [-0.15, -0.1) is 12.4 Å². The molecule has 1 aliphatic rings. The number of rotatable bonds is 4. The van der Waals surface area contributed by atoms with E-state index in [9.17, 15) is 0 Å². The molecule has 0 fully saturated rings.